The topological polar surface area (TPSA) is 66.6 Å². The fourth-order valence-corrected chi connectivity index (χ4v) is 1.69. The first-order valence-electron chi connectivity index (χ1n) is 5.03. The van der Waals surface area contributed by atoms with Crippen LogP contribution in [0.5, 0.6) is 5.75 Å². The molecule has 0 spiro atoms. The summed E-state index contributed by atoms with van der Waals surface area (Å²) in [6, 6.07) is 1.43. The van der Waals surface area contributed by atoms with Crippen LogP contribution < -0.4 is 4.74 Å². The van der Waals surface area contributed by atoms with Crippen molar-refractivity contribution < 1.29 is 19.7 Å². The molecule has 0 fully saturated rings. The largest absolute Gasteiger partial charge is 0.486 e. The van der Waals surface area contributed by atoms with Gasteiger partial charge < -0.3 is 4.74 Å². The molecule has 0 atom stereocenters. The van der Waals surface area contributed by atoms with E-state index in [2.05, 4.69) is 0 Å². The summed E-state index contributed by atoms with van der Waals surface area (Å²) >= 11 is 5.89. The Balaban J connectivity index is 3.63. The van der Waals surface area contributed by atoms with Gasteiger partial charge in [-0.05, 0) is 26.8 Å². The van der Waals surface area contributed by atoms with Crippen LogP contribution in [0.25, 0.3) is 0 Å². The highest BCUT2D eigenvalue weighted by molar-refractivity contribution is 6.32. The number of Topliss-reactive ketones (excluding diaryl/α,β-unsaturated/α-hetero) is 1. The summed E-state index contributed by atoms with van der Waals surface area (Å²) in [5, 5.41) is 9.30. The molecule has 1 N–H and O–H groups in total. The van der Waals surface area contributed by atoms with E-state index >= 15 is 0 Å². The molecule has 1 aromatic rings. The van der Waals surface area contributed by atoms with Gasteiger partial charge in [0.15, 0.2) is 5.78 Å². The first kappa shape index (κ1) is 13.4. The molecule has 0 saturated heterocycles. The Bertz CT molecular complexity index is 485. The van der Waals surface area contributed by atoms with E-state index in [0.717, 1.165) is 0 Å². The minimum Gasteiger partial charge on any atom is -0.486 e. The number of hydrogen-bond acceptors (Lipinski definition) is 3. The van der Waals surface area contributed by atoms with Gasteiger partial charge in [0, 0.05) is 0 Å². The predicted octanol–water partition coefficient (Wildman–Crippen LogP) is 3.05. The Kier molecular flexibility index (Phi) is 4.07. The highest BCUT2D eigenvalue weighted by atomic mass is 35.5. The number of ether oxygens (including phenoxy) is 1. The zero-order chi connectivity index (χ0) is 13.2. The number of hydrogen-bond donors (Lipinski definition) is 1. The van der Waals surface area contributed by atoms with Crippen molar-refractivity contribution in [1.82, 2.24) is 0 Å². The standard InChI is InChI=1S/C11H13ClNO4/c1-4-17-11-8(7(3)14)5-9(12)6(2)10(11)13(15)16/h5H,4H2,1-3H3,(H,15,16)/q+1. The van der Waals surface area contributed by atoms with Crippen molar-refractivity contribution in [2.45, 2.75) is 20.8 Å². The van der Waals surface area contributed by atoms with Gasteiger partial charge in [0.1, 0.15) is 0 Å². The molecule has 1 rings (SSSR count). The lowest BCUT2D eigenvalue weighted by Crippen LogP contribution is -2.07. The van der Waals surface area contributed by atoms with E-state index in [1.807, 2.05) is 0 Å². The molecular weight excluding hydrogens is 246 g/mol. The van der Waals surface area contributed by atoms with Gasteiger partial charge in [-0.15, -0.1) is 0 Å². The third-order valence-corrected chi connectivity index (χ3v) is 2.70. The van der Waals surface area contributed by atoms with E-state index in [1.54, 1.807) is 13.8 Å². The average molecular weight is 259 g/mol. The first-order valence-corrected chi connectivity index (χ1v) is 5.40. The van der Waals surface area contributed by atoms with Gasteiger partial charge in [0.05, 0.1) is 27.7 Å². The number of rotatable bonds is 4. The average Bonchev–Trinajstić information content (AvgIpc) is 2.22. The first-order chi connectivity index (χ1) is 7.90. The second-order valence-corrected chi connectivity index (χ2v) is 3.88. The maximum Gasteiger partial charge on any atom is 0.363 e. The number of carbonyl (C=O) groups is 1. The molecular formula is C11H13ClNO4+. The lowest BCUT2D eigenvalue weighted by molar-refractivity contribution is -0.730. The van der Waals surface area contributed by atoms with Crippen LogP contribution in [0.3, 0.4) is 0 Å². The molecule has 1 aromatic carbocycles. The third-order valence-electron chi connectivity index (χ3n) is 2.30. The van der Waals surface area contributed by atoms with Gasteiger partial charge in [-0.25, -0.2) is 5.21 Å². The van der Waals surface area contributed by atoms with E-state index in [0.29, 0.717) is 5.56 Å². The van der Waals surface area contributed by atoms with Gasteiger partial charge in [-0.3, -0.25) is 4.79 Å². The zero-order valence-corrected chi connectivity index (χ0v) is 10.5. The summed E-state index contributed by atoms with van der Waals surface area (Å²) in [4.78, 5) is 22.2. The molecule has 6 heteroatoms. The molecule has 17 heavy (non-hydrogen) atoms. The van der Waals surface area contributed by atoms with Crippen molar-refractivity contribution >= 4 is 23.1 Å². The molecule has 92 valence electrons. The van der Waals surface area contributed by atoms with Gasteiger partial charge in [0.2, 0.25) is 5.75 Å². The van der Waals surface area contributed by atoms with Crippen molar-refractivity contribution in [2.24, 2.45) is 0 Å². The Labute approximate surface area is 103 Å². The van der Waals surface area contributed by atoms with Gasteiger partial charge in [0.25, 0.3) is 4.92 Å². The number of benzene rings is 1. The summed E-state index contributed by atoms with van der Waals surface area (Å²) in [6.07, 6.45) is 0. The Hall–Kier alpha value is -1.62. The Morgan fingerprint density at radius 3 is 2.59 bits per heavy atom. The summed E-state index contributed by atoms with van der Waals surface area (Å²) in [7, 11) is 0. The minimum absolute atomic E-state index is 0.0550. The van der Waals surface area contributed by atoms with Gasteiger partial charge in [-0.1, -0.05) is 11.6 Å². The SMILES string of the molecule is CCOc1c(C(C)=O)cc(Cl)c(C)c1[N+](=O)O. The molecule has 0 amide bonds. The molecule has 5 nitrogen and oxygen atoms in total. The monoisotopic (exact) mass is 258 g/mol. The Morgan fingerprint density at radius 1 is 1.59 bits per heavy atom. The van der Waals surface area contributed by atoms with Crippen molar-refractivity contribution in [3.8, 4) is 5.75 Å². The maximum atomic E-state index is 11.4. The maximum absolute atomic E-state index is 11.4. The lowest BCUT2D eigenvalue weighted by Gasteiger charge is -2.09. The third kappa shape index (κ3) is 2.55. The van der Waals surface area contributed by atoms with Crippen LogP contribution in [-0.2, 0) is 0 Å². The second-order valence-electron chi connectivity index (χ2n) is 3.47. The van der Waals surface area contributed by atoms with Crippen molar-refractivity contribution in [1.29, 1.82) is 0 Å². The molecule has 0 radical (unpaired) electrons. The Morgan fingerprint density at radius 2 is 2.18 bits per heavy atom. The van der Waals surface area contributed by atoms with Crippen molar-refractivity contribution in [3.05, 3.63) is 27.1 Å². The molecule has 0 aliphatic rings. The lowest BCUT2D eigenvalue weighted by atomic mass is 10.1. The molecule has 0 unspecified atom stereocenters. The predicted molar refractivity (Wildman–Crippen MR) is 62.4 cm³/mol. The number of nitrogens with zero attached hydrogens (tertiary/aromatic N) is 1. The van der Waals surface area contributed by atoms with E-state index in [4.69, 9.17) is 21.5 Å². The summed E-state index contributed by atoms with van der Waals surface area (Å²) < 4.78 is 5.25. The molecule has 0 heterocycles. The molecule has 0 aromatic heterocycles. The summed E-state index contributed by atoms with van der Waals surface area (Å²) in [5.74, 6) is -0.238. The van der Waals surface area contributed by atoms with Crippen molar-refractivity contribution in [3.63, 3.8) is 0 Å². The van der Waals surface area contributed by atoms with E-state index in [9.17, 15) is 9.70 Å². The molecule has 0 bridgehead atoms. The fourth-order valence-electron chi connectivity index (χ4n) is 1.49. The van der Waals surface area contributed by atoms with Crippen LogP contribution in [-0.4, -0.2) is 22.5 Å². The fraction of sp³-hybridized carbons (Fsp3) is 0.364. The van der Waals surface area contributed by atoms with Crippen LogP contribution in [0.2, 0.25) is 5.02 Å². The van der Waals surface area contributed by atoms with Crippen LogP contribution >= 0.6 is 11.6 Å². The summed E-state index contributed by atoms with van der Waals surface area (Å²) in [6.45, 7) is 4.87. The molecule has 0 saturated carbocycles. The highest BCUT2D eigenvalue weighted by Crippen LogP contribution is 2.38. The number of halogens is 1. The quantitative estimate of drug-likeness (QED) is 0.666. The molecule has 0 aliphatic carbocycles. The van der Waals surface area contributed by atoms with Crippen LogP contribution in [0, 0.1) is 11.8 Å². The van der Waals surface area contributed by atoms with Crippen LogP contribution in [0.1, 0.15) is 29.8 Å². The second kappa shape index (κ2) is 5.14. The highest BCUT2D eigenvalue weighted by Gasteiger charge is 2.30. The summed E-state index contributed by atoms with van der Waals surface area (Å²) in [5.41, 5.74) is 0.398. The zero-order valence-electron chi connectivity index (χ0n) is 9.78. The van der Waals surface area contributed by atoms with Gasteiger partial charge >= 0.3 is 5.69 Å². The van der Waals surface area contributed by atoms with E-state index in [1.165, 1.54) is 13.0 Å². The van der Waals surface area contributed by atoms with Crippen LogP contribution in [0.15, 0.2) is 6.07 Å². The molecule has 0 aliphatic heterocycles. The van der Waals surface area contributed by atoms with E-state index < -0.39 is 0 Å². The smallest absolute Gasteiger partial charge is 0.363 e. The normalized spacial score (nSPS) is 10.1. The van der Waals surface area contributed by atoms with Crippen LogP contribution in [0.4, 0.5) is 5.69 Å². The number of ketones is 1. The minimum atomic E-state index is -0.335. The number of carbonyl (C=O) groups excluding carboxylic acids is 1. The van der Waals surface area contributed by atoms with Crippen molar-refractivity contribution in [2.75, 3.05) is 6.61 Å². The van der Waals surface area contributed by atoms with E-state index in [-0.39, 0.29) is 39.3 Å². The van der Waals surface area contributed by atoms with Gasteiger partial charge in [-0.2, -0.15) is 0 Å².